The summed E-state index contributed by atoms with van der Waals surface area (Å²) in [5, 5.41) is 2.82. The lowest BCUT2D eigenvalue weighted by molar-refractivity contribution is -0.889. The molecule has 2 N–H and O–H groups in total. The number of quaternary nitrogens is 1. The van der Waals surface area contributed by atoms with E-state index in [0.717, 1.165) is 6.54 Å². The minimum absolute atomic E-state index is 0.0212. The van der Waals surface area contributed by atoms with Gasteiger partial charge in [-0.2, -0.15) is 8.42 Å². The Morgan fingerprint density at radius 2 is 1.83 bits per heavy atom. The second-order valence-electron chi connectivity index (χ2n) is 5.47. The second-order valence-corrected chi connectivity index (χ2v) is 7.04. The molecule has 0 aromatic rings. The molecule has 0 aromatic carbocycles. The van der Waals surface area contributed by atoms with Gasteiger partial charge in [0, 0.05) is 12.3 Å². The van der Waals surface area contributed by atoms with Crippen LogP contribution in [-0.2, 0) is 14.9 Å². The first-order chi connectivity index (χ1) is 8.03. The fourth-order valence-corrected chi connectivity index (χ4v) is 1.97. The Bertz CT molecular complexity index is 363. The third kappa shape index (κ3) is 9.38. The zero-order valence-corrected chi connectivity index (χ0v) is 12.5. The molecule has 108 valence electrons. The highest BCUT2D eigenvalue weighted by Crippen LogP contribution is 2.00. The lowest BCUT2D eigenvalue weighted by Gasteiger charge is -2.29. The number of likely N-dealkylation sites (N-methyl/N-ethyl adjacent to an activating group) is 1. The highest BCUT2D eigenvalue weighted by Gasteiger charge is 2.17. The number of carbonyl (C=O) groups excluding carboxylic acids is 1. The minimum atomic E-state index is -3.87. The third-order valence-electron chi connectivity index (χ3n) is 2.71. The van der Waals surface area contributed by atoms with Crippen molar-refractivity contribution in [1.82, 2.24) is 5.32 Å². The summed E-state index contributed by atoms with van der Waals surface area (Å²) in [6.07, 6.45) is 0.407. The Morgan fingerprint density at radius 1 is 1.28 bits per heavy atom. The van der Waals surface area contributed by atoms with Gasteiger partial charge in [-0.25, -0.2) is 0 Å². The van der Waals surface area contributed by atoms with E-state index >= 15 is 0 Å². The maximum Gasteiger partial charge on any atom is 0.265 e. The van der Waals surface area contributed by atoms with Crippen LogP contribution in [0.3, 0.4) is 0 Å². The summed E-state index contributed by atoms with van der Waals surface area (Å²) in [5.74, 6) is -0.222. The van der Waals surface area contributed by atoms with Gasteiger partial charge in [0.2, 0.25) is 5.91 Å². The number of hydrogen-bond donors (Lipinski definition) is 2. The standard InChI is InChI=1S/C11H24N2O4S/c1-10(2)11(14)12-6-8-13(3,4)7-5-9-18(15,16)17/h10H,5-9H2,1-4H3,(H-,12,14,15,16,17)/p+1. The Labute approximate surface area is 110 Å². The van der Waals surface area contributed by atoms with Crippen molar-refractivity contribution in [2.75, 3.05) is 39.5 Å². The Morgan fingerprint density at radius 3 is 2.28 bits per heavy atom. The number of rotatable bonds is 8. The van der Waals surface area contributed by atoms with Crippen LogP contribution in [0.2, 0.25) is 0 Å². The summed E-state index contributed by atoms with van der Waals surface area (Å²) in [7, 11) is 0.0562. The zero-order chi connectivity index (χ0) is 14.4. The first-order valence-corrected chi connectivity index (χ1v) is 7.69. The molecule has 0 saturated carbocycles. The van der Waals surface area contributed by atoms with Crippen molar-refractivity contribution >= 4 is 16.0 Å². The van der Waals surface area contributed by atoms with Gasteiger partial charge in [-0.05, 0) is 0 Å². The SMILES string of the molecule is CC(C)C(=O)NCC[N+](C)(C)CCCS(=O)(=O)O. The predicted octanol–water partition coefficient (Wildman–Crippen LogP) is 0.113. The molecule has 18 heavy (non-hydrogen) atoms. The Hall–Kier alpha value is -0.660. The van der Waals surface area contributed by atoms with Gasteiger partial charge in [-0.15, -0.1) is 0 Å². The molecule has 0 bridgehead atoms. The van der Waals surface area contributed by atoms with E-state index in [1.54, 1.807) is 0 Å². The van der Waals surface area contributed by atoms with Crippen molar-refractivity contribution in [3.05, 3.63) is 0 Å². The first kappa shape index (κ1) is 17.3. The van der Waals surface area contributed by atoms with E-state index in [1.807, 2.05) is 27.9 Å². The van der Waals surface area contributed by atoms with Gasteiger partial charge >= 0.3 is 0 Å². The number of hydrogen-bond acceptors (Lipinski definition) is 3. The molecular weight excluding hydrogens is 256 g/mol. The number of nitrogens with one attached hydrogen (secondary N) is 1. The lowest BCUT2D eigenvalue weighted by atomic mass is 10.2. The zero-order valence-electron chi connectivity index (χ0n) is 11.6. The number of carbonyl (C=O) groups is 1. The largest absolute Gasteiger partial charge is 0.350 e. The number of nitrogens with zero attached hydrogens (tertiary/aromatic N) is 1. The summed E-state index contributed by atoms with van der Waals surface area (Å²) in [6.45, 7) is 5.60. The first-order valence-electron chi connectivity index (χ1n) is 6.08. The summed E-state index contributed by atoms with van der Waals surface area (Å²) < 4.78 is 30.4. The molecule has 0 unspecified atom stereocenters. The van der Waals surface area contributed by atoms with E-state index in [2.05, 4.69) is 5.32 Å². The van der Waals surface area contributed by atoms with Gasteiger partial charge in [0.25, 0.3) is 10.1 Å². The average Bonchev–Trinajstić information content (AvgIpc) is 2.14. The second kappa shape index (κ2) is 7.06. The van der Waals surface area contributed by atoms with Gasteiger partial charge < -0.3 is 9.80 Å². The van der Waals surface area contributed by atoms with Crippen LogP contribution in [0, 0.1) is 5.92 Å². The summed E-state index contributed by atoms with van der Waals surface area (Å²) in [5.41, 5.74) is 0. The molecule has 0 aromatic heterocycles. The van der Waals surface area contributed by atoms with Crippen molar-refractivity contribution in [2.45, 2.75) is 20.3 Å². The van der Waals surface area contributed by atoms with Crippen LogP contribution in [0.4, 0.5) is 0 Å². The van der Waals surface area contributed by atoms with Crippen LogP contribution in [0.15, 0.2) is 0 Å². The van der Waals surface area contributed by atoms with Crippen molar-refractivity contribution < 1.29 is 22.2 Å². The van der Waals surface area contributed by atoms with Gasteiger partial charge in [-0.1, -0.05) is 13.8 Å². The van der Waals surface area contributed by atoms with Gasteiger partial charge in [-0.3, -0.25) is 9.35 Å². The molecule has 0 spiro atoms. The van der Waals surface area contributed by atoms with E-state index in [1.165, 1.54) is 0 Å². The Balaban J connectivity index is 3.90. The lowest BCUT2D eigenvalue weighted by Crippen LogP contribution is -2.46. The van der Waals surface area contributed by atoms with Gasteiger partial charge in [0.05, 0.1) is 39.5 Å². The van der Waals surface area contributed by atoms with E-state index in [4.69, 9.17) is 4.55 Å². The molecule has 0 atom stereocenters. The average molecular weight is 281 g/mol. The summed E-state index contributed by atoms with van der Waals surface area (Å²) in [4.78, 5) is 11.3. The predicted molar refractivity (Wildman–Crippen MR) is 70.7 cm³/mol. The molecule has 0 aliphatic heterocycles. The molecule has 0 saturated heterocycles. The highest BCUT2D eigenvalue weighted by atomic mass is 32.2. The maximum absolute atomic E-state index is 11.3. The smallest absolute Gasteiger partial charge is 0.265 e. The highest BCUT2D eigenvalue weighted by molar-refractivity contribution is 7.85. The molecule has 0 rings (SSSR count). The quantitative estimate of drug-likeness (QED) is 0.489. The van der Waals surface area contributed by atoms with E-state index in [0.29, 0.717) is 24.0 Å². The maximum atomic E-state index is 11.3. The van der Waals surface area contributed by atoms with Crippen LogP contribution in [0.1, 0.15) is 20.3 Å². The molecule has 7 heteroatoms. The molecule has 0 aliphatic rings. The van der Waals surface area contributed by atoms with E-state index < -0.39 is 10.1 Å². The Kier molecular flexibility index (Phi) is 6.80. The van der Waals surface area contributed by atoms with Gasteiger partial charge in [0.1, 0.15) is 0 Å². The monoisotopic (exact) mass is 281 g/mol. The van der Waals surface area contributed by atoms with E-state index in [-0.39, 0.29) is 17.6 Å². The van der Waals surface area contributed by atoms with Crippen molar-refractivity contribution in [3.63, 3.8) is 0 Å². The van der Waals surface area contributed by atoms with Crippen LogP contribution in [0.5, 0.6) is 0 Å². The third-order valence-corrected chi connectivity index (χ3v) is 3.51. The van der Waals surface area contributed by atoms with Crippen LogP contribution >= 0.6 is 0 Å². The van der Waals surface area contributed by atoms with Crippen LogP contribution in [0.25, 0.3) is 0 Å². The summed E-state index contributed by atoms with van der Waals surface area (Å²) >= 11 is 0. The number of amides is 1. The molecule has 0 aliphatic carbocycles. The molecule has 1 amide bonds. The molecule has 6 nitrogen and oxygen atoms in total. The van der Waals surface area contributed by atoms with Gasteiger partial charge in [0.15, 0.2) is 0 Å². The summed E-state index contributed by atoms with van der Waals surface area (Å²) in [6, 6.07) is 0. The van der Waals surface area contributed by atoms with Crippen molar-refractivity contribution in [1.29, 1.82) is 0 Å². The molecule has 0 radical (unpaired) electrons. The fraction of sp³-hybridized carbons (Fsp3) is 0.909. The fourth-order valence-electron chi connectivity index (χ4n) is 1.47. The van der Waals surface area contributed by atoms with Crippen LogP contribution in [-0.4, -0.2) is 62.8 Å². The normalized spacial score (nSPS) is 12.8. The van der Waals surface area contributed by atoms with Crippen molar-refractivity contribution in [2.24, 2.45) is 5.92 Å². The van der Waals surface area contributed by atoms with E-state index in [9.17, 15) is 13.2 Å². The molecule has 0 fully saturated rings. The minimum Gasteiger partial charge on any atom is -0.350 e. The van der Waals surface area contributed by atoms with Crippen molar-refractivity contribution in [3.8, 4) is 0 Å². The topological polar surface area (TPSA) is 83.5 Å². The molecule has 0 heterocycles. The van der Waals surface area contributed by atoms with Crippen LogP contribution < -0.4 is 5.32 Å². The molecular formula is C11H25N2O4S+.